The van der Waals surface area contributed by atoms with Gasteiger partial charge in [0, 0.05) is 6.92 Å². The standard InChI is InChI=1S/C8H12O5S/c1-5(9)14-8(2,7(11)12)4-6(10)13-3/h4H2,1-3H3,(H,11,12). The maximum absolute atomic E-state index is 10.9. The van der Waals surface area contributed by atoms with E-state index in [4.69, 9.17) is 5.11 Å². The fourth-order valence-electron chi connectivity index (χ4n) is 0.820. The van der Waals surface area contributed by atoms with Gasteiger partial charge in [-0.2, -0.15) is 0 Å². The van der Waals surface area contributed by atoms with Crippen molar-refractivity contribution < 1.29 is 24.2 Å². The maximum Gasteiger partial charge on any atom is 0.320 e. The molecule has 1 unspecified atom stereocenters. The number of aliphatic carboxylic acids is 1. The Morgan fingerprint density at radius 3 is 2.21 bits per heavy atom. The van der Waals surface area contributed by atoms with Crippen molar-refractivity contribution in [1.82, 2.24) is 0 Å². The zero-order valence-electron chi connectivity index (χ0n) is 8.20. The second-order valence-corrected chi connectivity index (χ2v) is 4.56. The van der Waals surface area contributed by atoms with Gasteiger partial charge in [0.25, 0.3) is 0 Å². The van der Waals surface area contributed by atoms with Gasteiger partial charge in [-0.3, -0.25) is 14.4 Å². The first kappa shape index (κ1) is 13.0. The molecule has 0 aromatic rings. The van der Waals surface area contributed by atoms with Gasteiger partial charge < -0.3 is 9.84 Å². The zero-order valence-corrected chi connectivity index (χ0v) is 9.01. The summed E-state index contributed by atoms with van der Waals surface area (Å²) >= 11 is 0.614. The minimum Gasteiger partial charge on any atom is -0.480 e. The van der Waals surface area contributed by atoms with Crippen LogP contribution in [0.4, 0.5) is 0 Å². The van der Waals surface area contributed by atoms with Crippen LogP contribution >= 0.6 is 11.8 Å². The average Bonchev–Trinajstić information content (AvgIpc) is 2.02. The molecule has 6 heteroatoms. The second kappa shape index (κ2) is 4.99. The van der Waals surface area contributed by atoms with Gasteiger partial charge in [0.05, 0.1) is 13.5 Å². The molecule has 0 fully saturated rings. The van der Waals surface area contributed by atoms with Gasteiger partial charge >= 0.3 is 11.9 Å². The van der Waals surface area contributed by atoms with Crippen molar-refractivity contribution in [2.24, 2.45) is 0 Å². The number of carboxylic acids is 1. The molecule has 14 heavy (non-hydrogen) atoms. The van der Waals surface area contributed by atoms with E-state index in [9.17, 15) is 14.4 Å². The predicted molar refractivity (Wildman–Crippen MR) is 50.9 cm³/mol. The van der Waals surface area contributed by atoms with Crippen LogP contribution in [0.3, 0.4) is 0 Å². The molecule has 0 bridgehead atoms. The highest BCUT2D eigenvalue weighted by molar-refractivity contribution is 8.15. The van der Waals surface area contributed by atoms with Gasteiger partial charge in [0.1, 0.15) is 4.75 Å². The van der Waals surface area contributed by atoms with Crippen molar-refractivity contribution >= 4 is 28.8 Å². The van der Waals surface area contributed by atoms with Crippen molar-refractivity contribution in [3.8, 4) is 0 Å². The lowest BCUT2D eigenvalue weighted by Crippen LogP contribution is -2.35. The fourth-order valence-corrected chi connectivity index (χ4v) is 1.73. The highest BCUT2D eigenvalue weighted by atomic mass is 32.2. The van der Waals surface area contributed by atoms with Crippen LogP contribution in [0.1, 0.15) is 20.3 Å². The molecule has 0 aliphatic rings. The predicted octanol–water partition coefficient (Wildman–Crippen LogP) is 0.672. The Bertz CT molecular complexity index is 262. The van der Waals surface area contributed by atoms with E-state index < -0.39 is 16.7 Å². The van der Waals surface area contributed by atoms with Gasteiger partial charge in [-0.25, -0.2) is 0 Å². The Morgan fingerprint density at radius 2 is 1.93 bits per heavy atom. The summed E-state index contributed by atoms with van der Waals surface area (Å²) in [6.07, 6.45) is -0.330. The summed E-state index contributed by atoms with van der Waals surface area (Å²) in [6.45, 7) is 2.57. The lowest BCUT2D eigenvalue weighted by Gasteiger charge is -2.20. The smallest absolute Gasteiger partial charge is 0.320 e. The molecule has 80 valence electrons. The number of hydrogen-bond donors (Lipinski definition) is 1. The summed E-state index contributed by atoms with van der Waals surface area (Å²) in [5.41, 5.74) is 0. The molecule has 0 radical (unpaired) electrons. The SMILES string of the molecule is COC(=O)CC(C)(SC(C)=O)C(=O)O. The summed E-state index contributed by atoms with van der Waals surface area (Å²) in [7, 11) is 1.17. The molecule has 0 spiro atoms. The number of carbonyl (C=O) groups is 3. The van der Waals surface area contributed by atoms with E-state index in [0.29, 0.717) is 11.8 Å². The number of thioether (sulfide) groups is 1. The normalized spacial score (nSPS) is 14.2. The van der Waals surface area contributed by atoms with Crippen LogP contribution in [0.15, 0.2) is 0 Å². The number of esters is 1. The Hall–Kier alpha value is -1.04. The Kier molecular flexibility index (Phi) is 4.62. The lowest BCUT2D eigenvalue weighted by atomic mass is 10.1. The van der Waals surface area contributed by atoms with E-state index in [2.05, 4.69) is 4.74 Å². The van der Waals surface area contributed by atoms with Gasteiger partial charge in [-0.1, -0.05) is 11.8 Å². The molecule has 0 aromatic heterocycles. The third-order valence-corrected chi connectivity index (χ3v) is 2.59. The van der Waals surface area contributed by atoms with Gasteiger partial charge in [0.15, 0.2) is 5.12 Å². The molecular weight excluding hydrogens is 208 g/mol. The highest BCUT2D eigenvalue weighted by Gasteiger charge is 2.38. The van der Waals surface area contributed by atoms with Gasteiger partial charge in [0.2, 0.25) is 0 Å². The van der Waals surface area contributed by atoms with Crippen LogP contribution in [0, 0.1) is 0 Å². The minimum atomic E-state index is -1.45. The van der Waals surface area contributed by atoms with E-state index >= 15 is 0 Å². The van der Waals surface area contributed by atoms with Crippen LogP contribution in [0.25, 0.3) is 0 Å². The Labute approximate surface area is 85.8 Å². The fraction of sp³-hybridized carbons (Fsp3) is 0.625. The first-order valence-electron chi connectivity index (χ1n) is 3.81. The number of carbonyl (C=O) groups excluding carboxylic acids is 2. The monoisotopic (exact) mass is 220 g/mol. The maximum atomic E-state index is 10.9. The second-order valence-electron chi connectivity index (χ2n) is 2.88. The molecule has 1 atom stereocenters. The van der Waals surface area contributed by atoms with Crippen molar-refractivity contribution in [2.45, 2.75) is 25.0 Å². The molecule has 0 rings (SSSR count). The van der Waals surface area contributed by atoms with Crippen LogP contribution in [0.5, 0.6) is 0 Å². The molecule has 0 saturated carbocycles. The van der Waals surface area contributed by atoms with Crippen molar-refractivity contribution in [1.29, 1.82) is 0 Å². The minimum absolute atomic E-state index is 0.330. The molecule has 0 amide bonds. The first-order valence-corrected chi connectivity index (χ1v) is 4.63. The number of carboxylic acid groups (broad SMARTS) is 1. The van der Waals surface area contributed by atoms with E-state index in [1.807, 2.05) is 0 Å². The number of hydrogen-bond acceptors (Lipinski definition) is 5. The zero-order chi connectivity index (χ0) is 11.4. The Morgan fingerprint density at radius 1 is 1.43 bits per heavy atom. The van der Waals surface area contributed by atoms with Crippen LogP contribution in [-0.2, 0) is 19.1 Å². The molecule has 0 heterocycles. The molecule has 0 aliphatic carbocycles. The summed E-state index contributed by atoms with van der Waals surface area (Å²) in [4.78, 5) is 32.5. The average molecular weight is 220 g/mol. The molecule has 1 N–H and O–H groups in total. The van der Waals surface area contributed by atoms with Crippen LogP contribution < -0.4 is 0 Å². The van der Waals surface area contributed by atoms with Crippen LogP contribution in [0.2, 0.25) is 0 Å². The van der Waals surface area contributed by atoms with Crippen molar-refractivity contribution in [2.75, 3.05) is 7.11 Å². The summed E-state index contributed by atoms with van der Waals surface area (Å²) < 4.78 is 2.91. The third-order valence-electron chi connectivity index (χ3n) is 1.53. The summed E-state index contributed by atoms with van der Waals surface area (Å²) in [5.74, 6) is -1.85. The topological polar surface area (TPSA) is 80.7 Å². The van der Waals surface area contributed by atoms with Gasteiger partial charge in [-0.15, -0.1) is 0 Å². The first-order chi connectivity index (χ1) is 6.31. The van der Waals surface area contributed by atoms with E-state index in [0.717, 1.165) is 0 Å². The quantitative estimate of drug-likeness (QED) is 0.701. The summed E-state index contributed by atoms with van der Waals surface area (Å²) in [6, 6.07) is 0. The van der Waals surface area contributed by atoms with Crippen molar-refractivity contribution in [3.05, 3.63) is 0 Å². The number of ether oxygens (including phenoxy) is 1. The van der Waals surface area contributed by atoms with E-state index in [1.54, 1.807) is 0 Å². The number of methoxy groups -OCH3 is 1. The third kappa shape index (κ3) is 3.78. The van der Waals surface area contributed by atoms with Crippen molar-refractivity contribution in [3.63, 3.8) is 0 Å². The van der Waals surface area contributed by atoms with E-state index in [-0.39, 0.29) is 11.5 Å². The number of rotatable bonds is 4. The molecular formula is C8H12O5S. The van der Waals surface area contributed by atoms with E-state index in [1.165, 1.54) is 21.0 Å². The Balaban J connectivity index is 4.63. The van der Waals surface area contributed by atoms with Gasteiger partial charge in [-0.05, 0) is 6.92 Å². The molecule has 0 aliphatic heterocycles. The molecule has 0 saturated heterocycles. The lowest BCUT2D eigenvalue weighted by molar-refractivity contribution is -0.147. The van der Waals surface area contributed by atoms with Crippen LogP contribution in [-0.4, -0.2) is 34.0 Å². The summed E-state index contributed by atoms with van der Waals surface area (Å²) in [5, 5.41) is 8.50. The molecule has 5 nitrogen and oxygen atoms in total. The largest absolute Gasteiger partial charge is 0.480 e. The highest BCUT2D eigenvalue weighted by Crippen LogP contribution is 2.29. The molecule has 0 aromatic carbocycles.